The van der Waals surface area contributed by atoms with E-state index in [-0.39, 0.29) is 41.1 Å². The third kappa shape index (κ3) is 5.60. The summed E-state index contributed by atoms with van der Waals surface area (Å²) in [6.45, 7) is 26.3. The Kier molecular flexibility index (Phi) is 9.36. The van der Waals surface area contributed by atoms with Crippen LogP contribution in [0.1, 0.15) is 115 Å². The molecule has 0 radical (unpaired) electrons. The molecule has 0 N–H and O–H groups in total. The second kappa shape index (κ2) is 12.0. The molecule has 0 saturated heterocycles. The van der Waals surface area contributed by atoms with Crippen LogP contribution < -0.4 is 3.27 Å². The van der Waals surface area contributed by atoms with Gasteiger partial charge in [0.15, 0.2) is 0 Å². The quantitative estimate of drug-likeness (QED) is 0.195. The predicted octanol–water partition coefficient (Wildman–Crippen LogP) is 13.0. The molecule has 3 aromatic rings. The fourth-order valence-corrected chi connectivity index (χ4v) is 27.0. The number of aryl methyl sites for hydroxylation is 1. The first-order chi connectivity index (χ1) is 21.7. The standard InChI is InChI=1S/C27H29.C10H15.C7H7.CH3.CH2.2ClH.Zr/c1-16-7-9-26(3,4)24-12-18-11-19-13-25-21(17(2)8-10-27(25,5)6)15-23(19)22(18)14-20(16)24;1-8-5-6-9(7-8)10(2,3)4;1-7-5-3-2-4-6-7;;;;;/h7-9,12-15H,10-11H2,1-6H3;6-8H,1-4H3;3-6H,1H3;1H3;1H2;2*1H;. The van der Waals surface area contributed by atoms with Gasteiger partial charge in [0.1, 0.15) is 0 Å². The van der Waals surface area contributed by atoms with Crippen molar-refractivity contribution < 1.29 is 18.3 Å². The van der Waals surface area contributed by atoms with Gasteiger partial charge in [0.2, 0.25) is 0 Å². The molecule has 4 aliphatic carbocycles. The van der Waals surface area contributed by atoms with Crippen molar-refractivity contribution in [1.82, 2.24) is 0 Å². The first-order valence-corrected chi connectivity index (χ1v) is 26.1. The van der Waals surface area contributed by atoms with Crippen molar-refractivity contribution in [3.05, 3.63) is 121 Å². The fourth-order valence-electron chi connectivity index (χ4n) is 10.1. The number of rotatable bonds is 3. The average molecular weight is 773 g/mol. The summed E-state index contributed by atoms with van der Waals surface area (Å²) in [5, 5.41) is 0. The summed E-state index contributed by atoms with van der Waals surface area (Å²) in [7, 11) is 0. The minimum absolute atomic E-state index is 0. The zero-order valence-electron chi connectivity index (χ0n) is 32.0. The van der Waals surface area contributed by atoms with Crippen molar-refractivity contribution >= 4 is 43.4 Å². The molecule has 0 saturated carbocycles. The van der Waals surface area contributed by atoms with Crippen LogP contribution in [-0.4, -0.2) is 4.21 Å². The topological polar surface area (TPSA) is 0 Å². The molecule has 0 bridgehead atoms. The van der Waals surface area contributed by atoms with Gasteiger partial charge >= 0.3 is 288 Å². The maximum absolute atomic E-state index is 5.60. The van der Waals surface area contributed by atoms with Crippen LogP contribution in [0.25, 0.3) is 22.3 Å². The average Bonchev–Trinajstić information content (AvgIpc) is 3.57. The van der Waals surface area contributed by atoms with Crippen LogP contribution in [0.2, 0.25) is 8.26 Å². The first kappa shape index (κ1) is 38.2. The Labute approximate surface area is 310 Å². The molecule has 0 nitrogen and oxygen atoms in total. The summed E-state index contributed by atoms with van der Waals surface area (Å²) < 4.78 is 11.8. The van der Waals surface area contributed by atoms with E-state index in [1.165, 1.54) is 70.1 Å². The summed E-state index contributed by atoms with van der Waals surface area (Å²) in [6.07, 6.45) is 12.4. The van der Waals surface area contributed by atoms with Crippen LogP contribution in [0, 0.1) is 18.3 Å². The second-order valence-electron chi connectivity index (χ2n) is 18.6. The van der Waals surface area contributed by atoms with Gasteiger partial charge in [0.25, 0.3) is 0 Å². The van der Waals surface area contributed by atoms with Gasteiger partial charge in [-0.3, -0.25) is 0 Å². The summed E-state index contributed by atoms with van der Waals surface area (Å²) in [5.41, 5.74) is 17.7. The van der Waals surface area contributed by atoms with E-state index < -0.39 is 18.3 Å². The number of benzene rings is 3. The van der Waals surface area contributed by atoms with Crippen molar-refractivity contribution in [1.29, 1.82) is 0 Å². The van der Waals surface area contributed by atoms with Crippen LogP contribution >= 0.6 is 24.8 Å². The van der Waals surface area contributed by atoms with E-state index in [0.717, 1.165) is 12.8 Å². The number of hydrogen-bond acceptors (Lipinski definition) is 0. The van der Waals surface area contributed by atoms with Gasteiger partial charge < -0.3 is 0 Å². The number of allylic oxidation sites excluding steroid dienone is 8. The van der Waals surface area contributed by atoms with Crippen molar-refractivity contribution in [2.75, 3.05) is 0 Å². The van der Waals surface area contributed by atoms with Gasteiger partial charge in [-0.2, -0.15) is 0 Å². The minimum atomic E-state index is -4.30. The van der Waals surface area contributed by atoms with Crippen molar-refractivity contribution in [3.63, 3.8) is 0 Å². The summed E-state index contributed by atoms with van der Waals surface area (Å²) >= 11 is -4.30. The Morgan fingerprint density at radius 3 is 1.86 bits per heavy atom. The summed E-state index contributed by atoms with van der Waals surface area (Å²) in [5.74, 6) is 0.395. The van der Waals surface area contributed by atoms with E-state index in [9.17, 15) is 0 Å². The molecule has 0 aliphatic heterocycles. The summed E-state index contributed by atoms with van der Waals surface area (Å²) in [6, 6.07) is 19.8. The number of halogens is 2. The molecular formula is C46H58Cl2Zr. The molecule has 0 spiro atoms. The molecule has 260 valence electrons. The molecule has 7 rings (SSSR count). The van der Waals surface area contributed by atoms with Crippen LogP contribution in [0.3, 0.4) is 0 Å². The molecule has 0 aromatic heterocycles. The van der Waals surface area contributed by atoms with Gasteiger partial charge in [-0.1, -0.05) is 0 Å². The number of fused-ring (bicyclic) bond motifs is 5. The van der Waals surface area contributed by atoms with E-state index in [1.54, 1.807) is 3.28 Å². The van der Waals surface area contributed by atoms with Crippen molar-refractivity contribution in [2.24, 2.45) is 11.3 Å². The van der Waals surface area contributed by atoms with Gasteiger partial charge in [0, 0.05) is 0 Å². The molecule has 0 heterocycles. The van der Waals surface area contributed by atoms with E-state index in [1.807, 2.05) is 0 Å². The monoisotopic (exact) mass is 770 g/mol. The zero-order valence-corrected chi connectivity index (χ0v) is 36.1. The molecular weight excluding hydrogens is 715 g/mol. The van der Waals surface area contributed by atoms with Gasteiger partial charge in [-0.15, -0.1) is 24.8 Å². The molecule has 2 unspecified atom stereocenters. The SMILES string of the molecule is Cl.Cl.[CH2]=[Zr]([CH3])([C]1=CC(C(C)(C)C)=CC1C)([c]1ccc(C)cc1)[CH]1C=C(C)c2cc3c(cc2C1(C)C)Cc1cc2c(cc1-3)C(C)=CCC2(C)C. The van der Waals surface area contributed by atoms with Gasteiger partial charge in [-0.05, 0) is 0 Å². The van der Waals surface area contributed by atoms with E-state index in [4.69, 9.17) is 4.21 Å². The van der Waals surface area contributed by atoms with E-state index in [0.29, 0.717) is 9.54 Å². The Balaban J connectivity index is 0.00000234. The molecule has 49 heavy (non-hydrogen) atoms. The van der Waals surface area contributed by atoms with Crippen molar-refractivity contribution in [2.45, 2.75) is 108 Å². The summed E-state index contributed by atoms with van der Waals surface area (Å²) in [4.78, 5) is 0. The van der Waals surface area contributed by atoms with Crippen LogP contribution in [0.5, 0.6) is 0 Å². The van der Waals surface area contributed by atoms with Crippen LogP contribution in [-0.2, 0) is 35.5 Å². The van der Waals surface area contributed by atoms with Crippen molar-refractivity contribution in [3.8, 4) is 11.1 Å². The van der Waals surface area contributed by atoms with Gasteiger partial charge in [0.05, 0.1) is 0 Å². The first-order valence-electron chi connectivity index (χ1n) is 18.0. The molecule has 0 amide bonds. The van der Waals surface area contributed by atoms with Gasteiger partial charge in [-0.25, -0.2) is 0 Å². The Hall–Kier alpha value is -2.05. The maximum atomic E-state index is 5.60. The predicted molar refractivity (Wildman–Crippen MR) is 219 cm³/mol. The molecule has 0 fully saturated rings. The molecule has 4 aliphatic rings. The van der Waals surface area contributed by atoms with Crippen LogP contribution in [0.4, 0.5) is 0 Å². The van der Waals surface area contributed by atoms with E-state index >= 15 is 0 Å². The zero-order chi connectivity index (χ0) is 34.1. The normalized spacial score (nSPS) is 21.8. The third-order valence-corrected chi connectivity index (χ3v) is 29.7. The van der Waals surface area contributed by atoms with Crippen LogP contribution in [0.15, 0.2) is 81.7 Å². The number of hydrogen-bond donors (Lipinski definition) is 0. The van der Waals surface area contributed by atoms with E-state index in [2.05, 4.69) is 154 Å². The molecule has 2 atom stereocenters. The Morgan fingerprint density at radius 1 is 0.755 bits per heavy atom. The molecule has 3 aromatic carbocycles. The third-order valence-electron chi connectivity index (χ3n) is 13.1. The molecule has 3 heteroatoms. The second-order valence-corrected chi connectivity index (χ2v) is 33.3. The fraction of sp³-hybridized carbons (Fsp3) is 0.413. The Bertz CT molecular complexity index is 2070. The Morgan fingerprint density at radius 2 is 1.31 bits per heavy atom.